The fourth-order valence-electron chi connectivity index (χ4n) is 3.64. The van der Waals surface area contributed by atoms with Crippen molar-refractivity contribution in [3.8, 4) is 5.75 Å². The number of carbonyl (C=O) groups excluding carboxylic acids is 1. The minimum absolute atomic E-state index is 0.0713. The van der Waals surface area contributed by atoms with Gasteiger partial charge in [-0.3, -0.25) is 4.79 Å². The molecule has 0 spiro atoms. The van der Waals surface area contributed by atoms with Crippen LogP contribution in [-0.4, -0.2) is 49.4 Å². The molecule has 0 aromatic heterocycles. The predicted molar refractivity (Wildman–Crippen MR) is 117 cm³/mol. The van der Waals surface area contributed by atoms with Crippen LogP contribution in [0.4, 0.5) is 5.69 Å². The average molecular weight is 431 g/mol. The van der Waals surface area contributed by atoms with Crippen LogP contribution in [0.5, 0.6) is 5.75 Å². The quantitative estimate of drug-likeness (QED) is 0.743. The van der Waals surface area contributed by atoms with Crippen LogP contribution in [0.25, 0.3) is 0 Å². The molecule has 2 aromatic rings. The molecule has 0 radical (unpaired) electrons. The van der Waals surface area contributed by atoms with Gasteiger partial charge in [-0.05, 0) is 36.8 Å². The zero-order valence-corrected chi connectivity index (χ0v) is 17.9. The third-order valence-corrected chi connectivity index (χ3v) is 8.32. The molecule has 2 fully saturated rings. The van der Waals surface area contributed by atoms with Gasteiger partial charge in [-0.25, -0.2) is 8.42 Å². The molecule has 4 rings (SSSR count). The molecular formula is C21H22N2O4S2. The number of benzene rings is 2. The summed E-state index contributed by atoms with van der Waals surface area (Å²) in [4.78, 5) is 18.9. The number of ether oxygens (including phenoxy) is 1. The van der Waals surface area contributed by atoms with E-state index in [1.807, 2.05) is 60.4 Å². The smallest absolute Gasteiger partial charge is 0.252 e. The normalized spacial score (nSPS) is 23.9. The molecule has 0 aliphatic carbocycles. The summed E-state index contributed by atoms with van der Waals surface area (Å²) >= 11 is 1.38. The number of rotatable bonds is 4. The number of methoxy groups -OCH3 is 1. The molecule has 6 nitrogen and oxygen atoms in total. The molecule has 2 aliphatic rings. The fourth-order valence-corrected chi connectivity index (χ4v) is 7.57. The number of aliphatic imine (C=N–C) groups is 1. The number of amides is 1. The van der Waals surface area contributed by atoms with E-state index in [2.05, 4.69) is 4.99 Å². The van der Waals surface area contributed by atoms with E-state index in [1.54, 1.807) is 7.11 Å². The lowest BCUT2D eigenvalue weighted by Gasteiger charge is -2.24. The number of carbonyl (C=O) groups is 1. The average Bonchev–Trinajstić information content (AvgIpc) is 3.14. The summed E-state index contributed by atoms with van der Waals surface area (Å²) in [6.07, 6.45) is 0.217. The summed E-state index contributed by atoms with van der Waals surface area (Å²) < 4.78 is 29.5. The first-order chi connectivity index (χ1) is 13.8. The lowest BCUT2D eigenvalue weighted by atomic mass is 10.1. The number of anilines is 1. The highest BCUT2D eigenvalue weighted by molar-refractivity contribution is 8.16. The molecule has 0 bridgehead atoms. The predicted octanol–water partition coefficient (Wildman–Crippen LogP) is 2.85. The van der Waals surface area contributed by atoms with Crippen molar-refractivity contribution in [2.45, 2.75) is 24.6 Å². The van der Waals surface area contributed by atoms with Crippen molar-refractivity contribution < 1.29 is 17.9 Å². The molecule has 2 saturated heterocycles. The van der Waals surface area contributed by atoms with Gasteiger partial charge in [-0.2, -0.15) is 4.99 Å². The Balaban J connectivity index is 1.62. The minimum atomic E-state index is -3.09. The number of fused-ring (bicyclic) bond motifs is 1. The van der Waals surface area contributed by atoms with E-state index < -0.39 is 9.84 Å². The van der Waals surface area contributed by atoms with Crippen molar-refractivity contribution in [3.05, 3.63) is 59.7 Å². The lowest BCUT2D eigenvalue weighted by molar-refractivity contribution is -0.117. The second-order valence-corrected chi connectivity index (χ2v) is 10.7. The maximum absolute atomic E-state index is 12.6. The molecule has 152 valence electrons. The molecule has 2 aliphatic heterocycles. The van der Waals surface area contributed by atoms with Crippen molar-refractivity contribution in [2.24, 2.45) is 4.99 Å². The molecule has 0 saturated carbocycles. The molecule has 0 unspecified atom stereocenters. The monoisotopic (exact) mass is 430 g/mol. The Bertz CT molecular complexity index is 1050. The van der Waals surface area contributed by atoms with E-state index in [-0.39, 0.29) is 35.1 Å². The van der Waals surface area contributed by atoms with Crippen molar-refractivity contribution in [3.63, 3.8) is 0 Å². The number of amidine groups is 1. The third-order valence-electron chi connectivity index (χ3n) is 5.11. The lowest BCUT2D eigenvalue weighted by Crippen LogP contribution is -2.37. The van der Waals surface area contributed by atoms with E-state index in [1.165, 1.54) is 11.8 Å². The Morgan fingerprint density at radius 2 is 1.83 bits per heavy atom. The summed E-state index contributed by atoms with van der Waals surface area (Å²) in [7, 11) is -1.50. The molecule has 2 aromatic carbocycles. The highest BCUT2D eigenvalue weighted by Gasteiger charge is 2.49. The van der Waals surface area contributed by atoms with E-state index >= 15 is 0 Å². The minimum Gasteiger partial charge on any atom is -0.497 e. The van der Waals surface area contributed by atoms with E-state index in [0.717, 1.165) is 16.8 Å². The zero-order valence-electron chi connectivity index (χ0n) is 16.2. The number of nitrogens with zero attached hydrogens (tertiary/aromatic N) is 2. The van der Waals surface area contributed by atoms with Gasteiger partial charge in [-0.1, -0.05) is 41.6 Å². The van der Waals surface area contributed by atoms with Crippen molar-refractivity contribution in [2.75, 3.05) is 23.5 Å². The van der Waals surface area contributed by atoms with Gasteiger partial charge >= 0.3 is 0 Å². The second-order valence-electron chi connectivity index (χ2n) is 7.32. The fraction of sp³-hybridized carbons (Fsp3) is 0.333. The van der Waals surface area contributed by atoms with Crippen LogP contribution in [0.15, 0.2) is 53.5 Å². The van der Waals surface area contributed by atoms with Crippen LogP contribution in [0.3, 0.4) is 0 Å². The Labute approximate surface area is 174 Å². The van der Waals surface area contributed by atoms with E-state index in [0.29, 0.717) is 10.9 Å². The number of hydrogen-bond donors (Lipinski definition) is 0. The molecule has 8 heteroatoms. The van der Waals surface area contributed by atoms with Crippen LogP contribution in [-0.2, 0) is 21.1 Å². The SMILES string of the molecule is COc1ccc(N2C(=NC(=O)Cc3ccc(C)cc3)S[C@H]3CS(=O)(=O)C[C@@H]32)cc1. The molecular weight excluding hydrogens is 408 g/mol. The van der Waals surface area contributed by atoms with Gasteiger partial charge in [0.1, 0.15) is 5.75 Å². The van der Waals surface area contributed by atoms with Gasteiger partial charge in [0.25, 0.3) is 5.91 Å². The van der Waals surface area contributed by atoms with Crippen LogP contribution in [0.1, 0.15) is 11.1 Å². The molecule has 2 heterocycles. The summed E-state index contributed by atoms with van der Waals surface area (Å²) in [5, 5.41) is 0.449. The van der Waals surface area contributed by atoms with Gasteiger partial charge in [0.05, 0.1) is 31.1 Å². The van der Waals surface area contributed by atoms with Crippen molar-refractivity contribution in [1.82, 2.24) is 0 Å². The largest absolute Gasteiger partial charge is 0.497 e. The van der Waals surface area contributed by atoms with E-state index in [9.17, 15) is 13.2 Å². The Kier molecular flexibility index (Phi) is 5.40. The number of sulfone groups is 1. The first-order valence-corrected chi connectivity index (χ1v) is 12.0. The number of thioether (sulfide) groups is 1. The van der Waals surface area contributed by atoms with Gasteiger partial charge in [0, 0.05) is 10.9 Å². The first kappa shape index (κ1) is 20.0. The second kappa shape index (κ2) is 7.84. The van der Waals surface area contributed by atoms with Gasteiger partial charge in [0.15, 0.2) is 15.0 Å². The molecule has 29 heavy (non-hydrogen) atoms. The number of aryl methyl sites for hydroxylation is 1. The molecule has 1 amide bonds. The van der Waals surface area contributed by atoms with Gasteiger partial charge < -0.3 is 9.64 Å². The summed E-state index contributed by atoms with van der Waals surface area (Å²) in [6, 6.07) is 15.0. The highest BCUT2D eigenvalue weighted by Crippen LogP contribution is 2.41. The summed E-state index contributed by atoms with van der Waals surface area (Å²) in [6.45, 7) is 2.00. The summed E-state index contributed by atoms with van der Waals surface area (Å²) in [5.74, 6) is 0.657. The highest BCUT2D eigenvalue weighted by atomic mass is 32.2. The maximum Gasteiger partial charge on any atom is 0.252 e. The van der Waals surface area contributed by atoms with Crippen LogP contribution >= 0.6 is 11.8 Å². The maximum atomic E-state index is 12.6. The van der Waals surface area contributed by atoms with Crippen LogP contribution < -0.4 is 9.64 Å². The molecule has 2 atom stereocenters. The first-order valence-electron chi connectivity index (χ1n) is 9.32. The van der Waals surface area contributed by atoms with Gasteiger partial charge in [0.2, 0.25) is 0 Å². The third kappa shape index (κ3) is 4.33. The van der Waals surface area contributed by atoms with E-state index in [4.69, 9.17) is 4.74 Å². The van der Waals surface area contributed by atoms with Crippen LogP contribution in [0.2, 0.25) is 0 Å². The Hall–Kier alpha value is -2.32. The Morgan fingerprint density at radius 1 is 1.14 bits per heavy atom. The van der Waals surface area contributed by atoms with Crippen molar-refractivity contribution in [1.29, 1.82) is 0 Å². The topological polar surface area (TPSA) is 76.0 Å². The summed E-state index contributed by atoms with van der Waals surface area (Å²) in [5.41, 5.74) is 2.86. The van der Waals surface area contributed by atoms with Crippen LogP contribution in [0, 0.1) is 6.92 Å². The Morgan fingerprint density at radius 3 is 2.48 bits per heavy atom. The van der Waals surface area contributed by atoms with Gasteiger partial charge in [-0.15, -0.1) is 0 Å². The number of hydrogen-bond acceptors (Lipinski definition) is 5. The zero-order chi connectivity index (χ0) is 20.6. The van der Waals surface area contributed by atoms with Crippen molar-refractivity contribution >= 4 is 38.4 Å². The molecule has 0 N–H and O–H groups in total. The standard InChI is InChI=1S/C21H22N2O4S2/c1-14-3-5-15(6-4-14)11-20(24)22-21-23(16-7-9-17(27-2)10-8-16)18-12-29(25,26)13-19(18)28-21/h3-10,18-19H,11-13H2,1-2H3/t18-,19-/m0/s1.